The molecule has 2 atom stereocenters. The van der Waals surface area contributed by atoms with Gasteiger partial charge in [-0.05, 0) is 0 Å². The van der Waals surface area contributed by atoms with E-state index in [9.17, 15) is 9.59 Å². The average Bonchev–Trinajstić information content (AvgIpc) is 2.17. The van der Waals surface area contributed by atoms with Crippen molar-refractivity contribution < 1.29 is 30.0 Å². The molecule has 0 aromatic carbocycles. The molecule has 90 valence electrons. The van der Waals surface area contributed by atoms with Crippen LogP contribution in [0.1, 0.15) is 0 Å². The summed E-state index contributed by atoms with van der Waals surface area (Å²) < 4.78 is 0. The molecular weight excluding hydrogens is 228 g/mol. The van der Waals surface area contributed by atoms with Gasteiger partial charge < -0.3 is 42.6 Å². The van der Waals surface area contributed by atoms with Crippen molar-refractivity contribution in [3.05, 3.63) is 31.9 Å². The molecular formula is C4H6N6O6-2. The van der Waals surface area contributed by atoms with E-state index in [0.717, 1.165) is 0 Å². The van der Waals surface area contributed by atoms with Gasteiger partial charge in [0.15, 0.2) is 12.2 Å². The molecule has 12 nitrogen and oxygen atoms in total. The first-order valence-corrected chi connectivity index (χ1v) is 3.08. The second-order valence-electron chi connectivity index (χ2n) is 1.75. The molecule has 12 heteroatoms. The van der Waals surface area contributed by atoms with Crippen molar-refractivity contribution in [2.45, 2.75) is 12.2 Å². The largest absolute Gasteiger partial charge is 0.479 e. The van der Waals surface area contributed by atoms with Crippen LogP contribution >= 0.6 is 0 Å². The van der Waals surface area contributed by atoms with E-state index < -0.39 is 24.1 Å². The zero-order valence-corrected chi connectivity index (χ0v) is 7.44. The third-order valence-electron chi connectivity index (χ3n) is 0.805. The lowest BCUT2D eigenvalue weighted by molar-refractivity contribution is -0.165. The van der Waals surface area contributed by atoms with Crippen molar-refractivity contribution >= 4 is 11.9 Å². The van der Waals surface area contributed by atoms with E-state index in [4.69, 9.17) is 42.6 Å². The smallest absolute Gasteiger partial charge is 0.335 e. The van der Waals surface area contributed by atoms with E-state index in [1.165, 1.54) is 9.82 Å². The molecule has 0 aliphatic carbocycles. The van der Waals surface area contributed by atoms with Gasteiger partial charge in [0.05, 0.1) is 0 Å². The van der Waals surface area contributed by atoms with Gasteiger partial charge in [0, 0.05) is 0 Å². The Balaban J connectivity index is -0.000000235. The first kappa shape index (κ1) is 19.1. The number of aliphatic carboxylic acids is 2. The molecule has 0 heterocycles. The summed E-state index contributed by atoms with van der Waals surface area (Å²) >= 11 is 0. The van der Waals surface area contributed by atoms with Crippen LogP contribution in [0.25, 0.3) is 31.9 Å². The predicted molar refractivity (Wildman–Crippen MR) is 47.4 cm³/mol. The molecule has 0 radical (unpaired) electrons. The van der Waals surface area contributed by atoms with Gasteiger partial charge in [-0.1, -0.05) is 0 Å². The predicted octanol–water partition coefficient (Wildman–Crippen LogP) is -0.390. The summed E-state index contributed by atoms with van der Waals surface area (Å²) in [5, 5.41) is 32.5. The molecule has 0 aromatic rings. The lowest BCUT2D eigenvalue weighted by Gasteiger charge is -2.07. The van der Waals surface area contributed by atoms with E-state index in [1.807, 2.05) is 0 Å². The number of aliphatic hydroxyl groups is 2. The Kier molecular flexibility index (Phi) is 14.9. The average molecular weight is 234 g/mol. The van der Waals surface area contributed by atoms with Crippen molar-refractivity contribution in [3.63, 3.8) is 0 Å². The maximum Gasteiger partial charge on any atom is 0.335 e. The first-order valence-electron chi connectivity index (χ1n) is 3.08. The number of carboxylic acids is 2. The van der Waals surface area contributed by atoms with Crippen molar-refractivity contribution in [2.75, 3.05) is 0 Å². The van der Waals surface area contributed by atoms with Gasteiger partial charge in [-0.2, -0.15) is 0 Å². The molecule has 16 heavy (non-hydrogen) atoms. The topological polar surface area (TPSA) is 232 Å². The Morgan fingerprint density at radius 3 is 1.00 bits per heavy atom. The van der Waals surface area contributed by atoms with Gasteiger partial charge >= 0.3 is 11.9 Å². The second-order valence-corrected chi connectivity index (χ2v) is 1.75. The Morgan fingerprint density at radius 1 is 0.812 bits per heavy atom. The Hall–Kier alpha value is -2.52. The summed E-state index contributed by atoms with van der Waals surface area (Å²) in [5.41, 5.74) is 27.0. The molecule has 0 spiro atoms. The lowest BCUT2D eigenvalue weighted by Crippen LogP contribution is -2.39. The van der Waals surface area contributed by atoms with Crippen LogP contribution in [-0.4, -0.2) is 44.6 Å². The second kappa shape index (κ2) is 12.5. The molecule has 0 bridgehead atoms. The third kappa shape index (κ3) is 14.0. The standard InChI is InChI=1S/C4H6O6.2N3/c5-1(3(7)8)2(6)4(9)10;2*1-3-2/h1-2,5-6H,(H,7,8)(H,9,10);;/q;2*-1. The highest BCUT2D eigenvalue weighted by Gasteiger charge is 2.29. The normalized spacial score (nSPS) is 10.9. The van der Waals surface area contributed by atoms with Gasteiger partial charge in [-0.25, -0.2) is 9.59 Å². The van der Waals surface area contributed by atoms with Gasteiger partial charge in [-0.3, -0.25) is 9.82 Å². The van der Waals surface area contributed by atoms with Crippen LogP contribution in [0, 0.1) is 0 Å². The summed E-state index contributed by atoms with van der Waals surface area (Å²) in [7, 11) is 0. The van der Waals surface area contributed by atoms with Crippen molar-refractivity contribution in [1.82, 2.24) is 0 Å². The van der Waals surface area contributed by atoms with E-state index in [-0.39, 0.29) is 0 Å². The molecule has 4 N–H and O–H groups in total. The van der Waals surface area contributed by atoms with E-state index in [0.29, 0.717) is 0 Å². The summed E-state index contributed by atoms with van der Waals surface area (Å²) in [4.78, 5) is 22.5. The van der Waals surface area contributed by atoms with Crippen LogP contribution in [0.15, 0.2) is 0 Å². The SMILES string of the molecule is O=C(O)C(O)C(O)C(=O)O.[N-]=[N+]=[N-].[N-]=[N+]=[N-]. The highest BCUT2D eigenvalue weighted by Crippen LogP contribution is 1.92. The number of carbonyl (C=O) groups is 2. The fraction of sp³-hybridized carbons (Fsp3) is 0.500. The summed E-state index contributed by atoms with van der Waals surface area (Å²) in [6.45, 7) is 0. The van der Waals surface area contributed by atoms with Crippen LogP contribution in [0.5, 0.6) is 0 Å². The van der Waals surface area contributed by atoms with E-state index in [1.54, 1.807) is 0 Å². The van der Waals surface area contributed by atoms with Crippen molar-refractivity contribution in [3.8, 4) is 0 Å². The summed E-state index contributed by atoms with van der Waals surface area (Å²) in [5.74, 6) is -3.54. The highest BCUT2D eigenvalue weighted by atomic mass is 16.4. The first-order chi connectivity index (χ1) is 7.29. The maximum atomic E-state index is 9.77. The molecule has 0 saturated heterocycles. The zero-order valence-electron chi connectivity index (χ0n) is 7.44. The van der Waals surface area contributed by atoms with Crippen molar-refractivity contribution in [1.29, 1.82) is 0 Å². The number of aliphatic hydroxyl groups excluding tert-OH is 2. The number of rotatable bonds is 3. The van der Waals surface area contributed by atoms with Crippen LogP contribution in [0.4, 0.5) is 0 Å². The molecule has 0 aliphatic heterocycles. The minimum absolute atomic E-state index is 1.50. The Morgan fingerprint density at radius 2 is 0.938 bits per heavy atom. The van der Waals surface area contributed by atoms with Crippen LogP contribution in [0.3, 0.4) is 0 Å². The van der Waals surface area contributed by atoms with Crippen LogP contribution < -0.4 is 0 Å². The Bertz CT molecular complexity index is 261. The molecule has 0 aliphatic rings. The molecule has 2 unspecified atom stereocenters. The lowest BCUT2D eigenvalue weighted by atomic mass is 10.2. The number of nitrogens with zero attached hydrogens (tertiary/aromatic N) is 6. The van der Waals surface area contributed by atoms with Gasteiger partial charge in [-0.15, -0.1) is 0 Å². The van der Waals surface area contributed by atoms with E-state index in [2.05, 4.69) is 0 Å². The highest BCUT2D eigenvalue weighted by molar-refractivity contribution is 5.83. The zero-order chi connectivity index (χ0) is 13.7. The molecule has 0 amide bonds. The van der Waals surface area contributed by atoms with Crippen molar-refractivity contribution in [2.24, 2.45) is 0 Å². The summed E-state index contributed by atoms with van der Waals surface area (Å²) in [6, 6.07) is 0. The molecule has 0 fully saturated rings. The van der Waals surface area contributed by atoms with Crippen LogP contribution in [-0.2, 0) is 9.59 Å². The van der Waals surface area contributed by atoms with Gasteiger partial charge in [0.25, 0.3) is 0 Å². The number of hydrogen-bond acceptors (Lipinski definition) is 4. The van der Waals surface area contributed by atoms with Gasteiger partial charge in [0.2, 0.25) is 0 Å². The van der Waals surface area contributed by atoms with E-state index >= 15 is 0 Å². The maximum absolute atomic E-state index is 9.77. The monoisotopic (exact) mass is 234 g/mol. The Labute approximate surface area is 87.2 Å². The molecule has 0 rings (SSSR count). The third-order valence-corrected chi connectivity index (χ3v) is 0.805. The molecule has 0 saturated carbocycles. The van der Waals surface area contributed by atoms with Crippen LogP contribution in [0.2, 0.25) is 0 Å². The minimum Gasteiger partial charge on any atom is -0.479 e. The number of hydrogen-bond donors (Lipinski definition) is 4. The fourth-order valence-corrected chi connectivity index (χ4v) is 0.270. The molecule has 0 aromatic heterocycles. The van der Waals surface area contributed by atoms with Gasteiger partial charge in [0.1, 0.15) is 0 Å². The number of carboxylic acid groups (broad SMARTS) is 2. The minimum atomic E-state index is -2.27. The fourth-order valence-electron chi connectivity index (χ4n) is 0.270. The summed E-state index contributed by atoms with van der Waals surface area (Å²) in [6.07, 6.45) is -4.53. The quantitative estimate of drug-likeness (QED) is 0.288.